The van der Waals surface area contributed by atoms with Gasteiger partial charge in [-0.15, -0.1) is 0 Å². The maximum absolute atomic E-state index is 5.66. The molecule has 0 unspecified atom stereocenters. The lowest BCUT2D eigenvalue weighted by Crippen LogP contribution is -1.86. The zero-order valence-electron chi connectivity index (χ0n) is 9.46. The third-order valence-corrected chi connectivity index (χ3v) is 2.48. The average molecular weight is 241 g/mol. The Morgan fingerprint density at radius 1 is 0.944 bits per heavy atom. The van der Waals surface area contributed by atoms with E-state index in [-0.39, 0.29) is 6.08 Å². The summed E-state index contributed by atoms with van der Waals surface area (Å²) in [6.45, 7) is 0. The van der Waals surface area contributed by atoms with Gasteiger partial charge in [-0.1, -0.05) is 0 Å². The molecular formula is C13H11N3O2. The minimum Gasteiger partial charge on any atom is -0.411 e. The Labute approximate surface area is 103 Å². The molecule has 18 heavy (non-hydrogen) atoms. The van der Waals surface area contributed by atoms with Crippen LogP contribution in [-0.2, 0) is 0 Å². The minimum absolute atomic E-state index is 0.181. The van der Waals surface area contributed by atoms with E-state index in [2.05, 4.69) is 4.98 Å². The molecule has 1 heterocycles. The fourth-order valence-corrected chi connectivity index (χ4v) is 1.60. The van der Waals surface area contributed by atoms with Gasteiger partial charge in [0.2, 0.25) is 0 Å². The molecule has 0 bridgehead atoms. The van der Waals surface area contributed by atoms with Crippen molar-refractivity contribution in [3.05, 3.63) is 42.5 Å². The lowest BCUT2D eigenvalue weighted by atomic mass is 10.3. The second-order valence-corrected chi connectivity index (χ2v) is 3.88. The van der Waals surface area contributed by atoms with Crippen LogP contribution in [0, 0.1) is 0 Å². The molecule has 0 saturated carbocycles. The number of hydrogen-bond acceptors (Lipinski definition) is 5. The molecule has 0 radical (unpaired) electrons. The Hall–Kier alpha value is -2.69. The van der Waals surface area contributed by atoms with Gasteiger partial charge in [0.15, 0.2) is 5.58 Å². The Morgan fingerprint density at radius 3 is 2.44 bits per heavy atom. The van der Waals surface area contributed by atoms with Gasteiger partial charge in [-0.25, -0.2) is 0 Å². The van der Waals surface area contributed by atoms with Crippen molar-refractivity contribution in [3.63, 3.8) is 0 Å². The number of nitrogens with zero attached hydrogens (tertiary/aromatic N) is 1. The first kappa shape index (κ1) is 10.5. The molecule has 0 atom stereocenters. The number of anilines is 2. The van der Waals surface area contributed by atoms with Crippen LogP contribution in [-0.4, -0.2) is 4.98 Å². The molecule has 0 aliphatic rings. The highest BCUT2D eigenvalue weighted by atomic mass is 16.6. The molecule has 0 amide bonds. The quantitative estimate of drug-likeness (QED) is 0.673. The van der Waals surface area contributed by atoms with Crippen molar-refractivity contribution in [3.8, 4) is 11.8 Å². The SMILES string of the molecule is Nc1ccc(Oc2nc3ccc(N)cc3o2)cc1. The Balaban J connectivity index is 1.92. The van der Waals surface area contributed by atoms with Crippen LogP contribution < -0.4 is 16.2 Å². The van der Waals surface area contributed by atoms with Crippen molar-refractivity contribution < 1.29 is 9.15 Å². The summed E-state index contributed by atoms with van der Waals surface area (Å²) in [5.41, 5.74) is 13.8. The molecule has 0 spiro atoms. The van der Waals surface area contributed by atoms with E-state index in [9.17, 15) is 0 Å². The summed E-state index contributed by atoms with van der Waals surface area (Å²) < 4.78 is 10.9. The first-order valence-electron chi connectivity index (χ1n) is 5.40. The summed E-state index contributed by atoms with van der Waals surface area (Å²) in [6.07, 6.45) is 0.181. The molecule has 1 aromatic heterocycles. The van der Waals surface area contributed by atoms with Crippen molar-refractivity contribution in [2.75, 3.05) is 11.5 Å². The van der Waals surface area contributed by atoms with Gasteiger partial charge in [0, 0.05) is 17.4 Å². The van der Waals surface area contributed by atoms with Gasteiger partial charge in [0.25, 0.3) is 0 Å². The standard InChI is InChI=1S/C13H11N3O2/c14-8-1-4-10(5-2-8)17-13-16-11-6-3-9(15)7-12(11)18-13/h1-7H,14-15H2. The van der Waals surface area contributed by atoms with E-state index < -0.39 is 0 Å². The molecule has 5 nitrogen and oxygen atoms in total. The molecule has 0 saturated heterocycles. The predicted octanol–water partition coefficient (Wildman–Crippen LogP) is 2.78. The van der Waals surface area contributed by atoms with Crippen LogP contribution >= 0.6 is 0 Å². The molecule has 5 heteroatoms. The fourth-order valence-electron chi connectivity index (χ4n) is 1.60. The van der Waals surface area contributed by atoms with Gasteiger partial charge in [-0.05, 0) is 36.4 Å². The number of benzene rings is 2. The maximum atomic E-state index is 5.66. The summed E-state index contributed by atoms with van der Waals surface area (Å²) in [4.78, 5) is 4.20. The number of ether oxygens (including phenoxy) is 1. The fraction of sp³-hybridized carbons (Fsp3) is 0. The molecular weight excluding hydrogens is 230 g/mol. The molecule has 90 valence electrons. The molecule has 2 aromatic carbocycles. The lowest BCUT2D eigenvalue weighted by Gasteiger charge is -1.99. The number of nitrogen functional groups attached to an aromatic ring is 2. The van der Waals surface area contributed by atoms with Gasteiger partial charge >= 0.3 is 6.08 Å². The van der Waals surface area contributed by atoms with Gasteiger partial charge < -0.3 is 20.6 Å². The molecule has 0 aliphatic carbocycles. The Bertz CT molecular complexity index is 689. The normalized spacial score (nSPS) is 10.7. The van der Waals surface area contributed by atoms with E-state index in [1.54, 1.807) is 42.5 Å². The van der Waals surface area contributed by atoms with Gasteiger partial charge in [-0.3, -0.25) is 0 Å². The van der Waals surface area contributed by atoms with E-state index in [4.69, 9.17) is 20.6 Å². The van der Waals surface area contributed by atoms with Crippen molar-refractivity contribution >= 4 is 22.5 Å². The zero-order valence-corrected chi connectivity index (χ0v) is 9.46. The Kier molecular flexibility index (Phi) is 2.30. The van der Waals surface area contributed by atoms with Gasteiger partial charge in [-0.2, -0.15) is 4.98 Å². The van der Waals surface area contributed by atoms with E-state index in [1.807, 2.05) is 0 Å². The monoisotopic (exact) mass is 241 g/mol. The highest BCUT2D eigenvalue weighted by Crippen LogP contribution is 2.26. The van der Waals surface area contributed by atoms with E-state index in [0.29, 0.717) is 28.2 Å². The second-order valence-electron chi connectivity index (χ2n) is 3.88. The van der Waals surface area contributed by atoms with Crippen LogP contribution in [0.3, 0.4) is 0 Å². The van der Waals surface area contributed by atoms with Crippen LogP contribution in [0.1, 0.15) is 0 Å². The second kappa shape index (κ2) is 3.96. The number of oxazole rings is 1. The summed E-state index contributed by atoms with van der Waals surface area (Å²) in [5, 5.41) is 0. The predicted molar refractivity (Wildman–Crippen MR) is 69.3 cm³/mol. The van der Waals surface area contributed by atoms with Crippen molar-refractivity contribution in [2.24, 2.45) is 0 Å². The van der Waals surface area contributed by atoms with Crippen LogP contribution in [0.4, 0.5) is 11.4 Å². The van der Waals surface area contributed by atoms with E-state index in [1.165, 1.54) is 0 Å². The third-order valence-electron chi connectivity index (χ3n) is 2.48. The maximum Gasteiger partial charge on any atom is 0.400 e. The number of nitrogens with two attached hydrogens (primary N) is 2. The third kappa shape index (κ3) is 1.93. The molecule has 0 fully saturated rings. The van der Waals surface area contributed by atoms with E-state index >= 15 is 0 Å². The van der Waals surface area contributed by atoms with Crippen LogP contribution in [0.25, 0.3) is 11.1 Å². The van der Waals surface area contributed by atoms with Crippen LogP contribution in [0.5, 0.6) is 11.8 Å². The highest BCUT2D eigenvalue weighted by molar-refractivity contribution is 5.76. The van der Waals surface area contributed by atoms with E-state index in [0.717, 1.165) is 0 Å². The largest absolute Gasteiger partial charge is 0.411 e. The molecule has 0 aliphatic heterocycles. The minimum atomic E-state index is 0.181. The van der Waals surface area contributed by atoms with Crippen molar-refractivity contribution in [1.82, 2.24) is 4.98 Å². The summed E-state index contributed by atoms with van der Waals surface area (Å²) in [5.74, 6) is 0.615. The Morgan fingerprint density at radius 2 is 1.67 bits per heavy atom. The number of fused-ring (bicyclic) bond motifs is 1. The molecule has 3 rings (SSSR count). The molecule has 4 N–H and O–H groups in total. The lowest BCUT2D eigenvalue weighted by molar-refractivity contribution is 0.343. The highest BCUT2D eigenvalue weighted by Gasteiger charge is 2.07. The van der Waals surface area contributed by atoms with Gasteiger partial charge in [0.1, 0.15) is 11.3 Å². The first-order chi connectivity index (χ1) is 8.70. The summed E-state index contributed by atoms with van der Waals surface area (Å²) >= 11 is 0. The van der Waals surface area contributed by atoms with Crippen molar-refractivity contribution in [1.29, 1.82) is 0 Å². The summed E-state index contributed by atoms with van der Waals surface area (Å²) in [6, 6.07) is 12.2. The first-order valence-corrected chi connectivity index (χ1v) is 5.40. The summed E-state index contributed by atoms with van der Waals surface area (Å²) in [7, 11) is 0. The van der Waals surface area contributed by atoms with Crippen LogP contribution in [0.2, 0.25) is 0 Å². The number of hydrogen-bond donors (Lipinski definition) is 2. The van der Waals surface area contributed by atoms with Crippen molar-refractivity contribution in [2.45, 2.75) is 0 Å². The van der Waals surface area contributed by atoms with Gasteiger partial charge in [0.05, 0.1) is 0 Å². The van der Waals surface area contributed by atoms with Crippen LogP contribution in [0.15, 0.2) is 46.9 Å². The molecule has 3 aromatic rings. The smallest absolute Gasteiger partial charge is 0.400 e. The number of aromatic nitrogens is 1. The topological polar surface area (TPSA) is 87.3 Å². The zero-order chi connectivity index (χ0) is 12.5. The average Bonchev–Trinajstić information content (AvgIpc) is 2.73. The number of rotatable bonds is 2.